The van der Waals surface area contributed by atoms with Crippen LogP contribution in [-0.4, -0.2) is 18.6 Å². The maximum absolute atomic E-state index is 12.9. The van der Waals surface area contributed by atoms with Crippen molar-refractivity contribution in [3.63, 3.8) is 0 Å². The van der Waals surface area contributed by atoms with Crippen LogP contribution in [0, 0.1) is 27.7 Å². The van der Waals surface area contributed by atoms with Crippen LogP contribution < -0.4 is 4.72 Å². The number of hydrogen-bond acceptors (Lipinski definition) is 3. The number of aryl methyl sites for hydroxylation is 4. The van der Waals surface area contributed by atoms with Gasteiger partial charge in [0.05, 0.1) is 10.6 Å². The molecule has 25 heavy (non-hydrogen) atoms. The summed E-state index contributed by atoms with van der Waals surface area (Å²) in [6.45, 7) is 7.58. The molecule has 0 saturated heterocycles. The first-order valence-corrected chi connectivity index (χ1v) is 9.47. The molecule has 0 fully saturated rings. The smallest absolute Gasteiger partial charge is 0.262 e. The topological polar surface area (TPSA) is 74.8 Å². The van der Waals surface area contributed by atoms with Crippen molar-refractivity contribution in [3.8, 4) is 11.3 Å². The number of nitrogens with one attached hydrogen (secondary N) is 2. The SMILES string of the molecule is Cc1cc(C)cc(NS(=O)(=O)c2cc(-c3cc(C)[nH]n3)ccc2C)c1. The molecule has 0 unspecified atom stereocenters. The summed E-state index contributed by atoms with van der Waals surface area (Å²) in [7, 11) is -3.69. The van der Waals surface area contributed by atoms with Gasteiger partial charge in [-0.15, -0.1) is 0 Å². The van der Waals surface area contributed by atoms with Crippen LogP contribution in [0.2, 0.25) is 0 Å². The number of hydrogen-bond donors (Lipinski definition) is 2. The first-order valence-electron chi connectivity index (χ1n) is 7.99. The van der Waals surface area contributed by atoms with Gasteiger partial charge in [-0.25, -0.2) is 8.42 Å². The quantitative estimate of drug-likeness (QED) is 0.739. The largest absolute Gasteiger partial charge is 0.282 e. The highest BCUT2D eigenvalue weighted by atomic mass is 32.2. The standard InChI is InChI=1S/C19H21N3O2S/c1-12-7-13(2)9-17(8-12)22-25(23,24)19-11-16(6-5-14(19)3)18-10-15(4)20-21-18/h5-11,22H,1-4H3,(H,20,21). The van der Waals surface area contributed by atoms with E-state index in [0.717, 1.165) is 28.1 Å². The Kier molecular flexibility index (Phi) is 4.39. The third kappa shape index (κ3) is 3.74. The maximum Gasteiger partial charge on any atom is 0.262 e. The average Bonchev–Trinajstić information content (AvgIpc) is 2.92. The Morgan fingerprint density at radius 1 is 0.920 bits per heavy atom. The number of aromatic nitrogens is 2. The van der Waals surface area contributed by atoms with Gasteiger partial charge in [-0.05, 0) is 68.7 Å². The van der Waals surface area contributed by atoms with Crippen molar-refractivity contribution in [2.24, 2.45) is 0 Å². The Labute approximate surface area is 148 Å². The molecule has 0 radical (unpaired) electrons. The van der Waals surface area contributed by atoms with Crippen LogP contribution in [0.5, 0.6) is 0 Å². The van der Waals surface area contributed by atoms with Gasteiger partial charge in [-0.2, -0.15) is 5.10 Å². The minimum absolute atomic E-state index is 0.254. The lowest BCUT2D eigenvalue weighted by molar-refractivity contribution is 0.600. The van der Waals surface area contributed by atoms with Crippen LogP contribution in [0.15, 0.2) is 47.4 Å². The van der Waals surface area contributed by atoms with Crippen molar-refractivity contribution in [1.82, 2.24) is 10.2 Å². The van der Waals surface area contributed by atoms with E-state index in [2.05, 4.69) is 14.9 Å². The second-order valence-electron chi connectivity index (χ2n) is 6.40. The molecular formula is C19H21N3O2S. The Bertz CT molecular complexity index is 1020. The highest BCUT2D eigenvalue weighted by Gasteiger charge is 2.19. The predicted molar refractivity (Wildman–Crippen MR) is 100 cm³/mol. The fraction of sp³-hybridized carbons (Fsp3) is 0.211. The van der Waals surface area contributed by atoms with Crippen molar-refractivity contribution in [3.05, 3.63) is 64.8 Å². The molecule has 2 aromatic carbocycles. The third-order valence-corrected chi connectivity index (χ3v) is 5.48. The van der Waals surface area contributed by atoms with Crippen molar-refractivity contribution >= 4 is 15.7 Å². The van der Waals surface area contributed by atoms with Gasteiger partial charge in [-0.1, -0.05) is 18.2 Å². The molecule has 0 bridgehead atoms. The molecule has 0 saturated carbocycles. The first kappa shape index (κ1) is 17.2. The minimum Gasteiger partial charge on any atom is -0.282 e. The molecule has 0 spiro atoms. The highest BCUT2D eigenvalue weighted by Crippen LogP contribution is 2.26. The predicted octanol–water partition coefficient (Wildman–Crippen LogP) is 4.11. The summed E-state index contributed by atoms with van der Waals surface area (Å²) in [5.74, 6) is 0. The van der Waals surface area contributed by atoms with E-state index in [0.29, 0.717) is 11.3 Å². The van der Waals surface area contributed by atoms with E-state index < -0.39 is 10.0 Å². The fourth-order valence-electron chi connectivity index (χ4n) is 2.86. The lowest BCUT2D eigenvalue weighted by Crippen LogP contribution is -2.14. The Morgan fingerprint density at radius 2 is 1.60 bits per heavy atom. The van der Waals surface area contributed by atoms with Gasteiger partial charge in [0.1, 0.15) is 0 Å². The molecule has 0 aliphatic rings. The van der Waals surface area contributed by atoms with Gasteiger partial charge >= 0.3 is 0 Å². The van der Waals surface area contributed by atoms with Gasteiger partial charge in [-0.3, -0.25) is 9.82 Å². The Morgan fingerprint density at radius 3 is 2.20 bits per heavy atom. The zero-order chi connectivity index (χ0) is 18.2. The van der Waals surface area contributed by atoms with E-state index in [9.17, 15) is 8.42 Å². The molecule has 130 valence electrons. The van der Waals surface area contributed by atoms with Crippen molar-refractivity contribution in [2.75, 3.05) is 4.72 Å². The van der Waals surface area contributed by atoms with Gasteiger partial charge in [0, 0.05) is 16.9 Å². The molecule has 0 amide bonds. The van der Waals surface area contributed by atoms with Crippen molar-refractivity contribution < 1.29 is 8.42 Å². The molecule has 1 heterocycles. The molecular weight excluding hydrogens is 334 g/mol. The number of benzene rings is 2. The van der Waals surface area contributed by atoms with Crippen LogP contribution >= 0.6 is 0 Å². The molecule has 3 rings (SSSR count). The van der Waals surface area contributed by atoms with E-state index in [1.54, 1.807) is 19.1 Å². The zero-order valence-corrected chi connectivity index (χ0v) is 15.5. The summed E-state index contributed by atoms with van der Waals surface area (Å²) in [6, 6.07) is 12.9. The van der Waals surface area contributed by atoms with Gasteiger partial charge in [0.25, 0.3) is 10.0 Å². The molecule has 0 aliphatic heterocycles. The fourth-order valence-corrected chi connectivity index (χ4v) is 4.17. The number of rotatable bonds is 4. The minimum atomic E-state index is -3.69. The second kappa shape index (κ2) is 6.37. The molecule has 0 aliphatic carbocycles. The number of sulfonamides is 1. The molecule has 5 nitrogen and oxygen atoms in total. The summed E-state index contributed by atoms with van der Waals surface area (Å²) < 4.78 is 28.5. The van der Waals surface area contributed by atoms with Crippen LogP contribution in [0.3, 0.4) is 0 Å². The molecule has 1 aromatic heterocycles. The number of aromatic amines is 1. The number of nitrogens with zero attached hydrogens (tertiary/aromatic N) is 1. The van der Waals surface area contributed by atoms with Crippen LogP contribution in [-0.2, 0) is 10.0 Å². The van der Waals surface area contributed by atoms with Gasteiger partial charge in [0.2, 0.25) is 0 Å². The molecule has 3 aromatic rings. The van der Waals surface area contributed by atoms with Gasteiger partial charge < -0.3 is 0 Å². The summed E-state index contributed by atoms with van der Waals surface area (Å²) in [5.41, 5.74) is 5.68. The van der Waals surface area contributed by atoms with Crippen LogP contribution in [0.25, 0.3) is 11.3 Å². The monoisotopic (exact) mass is 355 g/mol. The molecule has 0 atom stereocenters. The normalized spacial score (nSPS) is 11.5. The Balaban J connectivity index is 2.01. The van der Waals surface area contributed by atoms with E-state index in [-0.39, 0.29) is 4.90 Å². The molecule has 2 N–H and O–H groups in total. The van der Waals surface area contributed by atoms with Crippen molar-refractivity contribution in [2.45, 2.75) is 32.6 Å². The van der Waals surface area contributed by atoms with Crippen LogP contribution in [0.4, 0.5) is 5.69 Å². The second-order valence-corrected chi connectivity index (χ2v) is 8.05. The zero-order valence-electron chi connectivity index (χ0n) is 14.7. The van der Waals surface area contributed by atoms with E-state index in [1.807, 2.05) is 51.1 Å². The third-order valence-electron chi connectivity index (χ3n) is 3.95. The van der Waals surface area contributed by atoms with E-state index in [4.69, 9.17) is 0 Å². The Hall–Kier alpha value is -2.60. The lowest BCUT2D eigenvalue weighted by Gasteiger charge is -2.12. The van der Waals surface area contributed by atoms with Gasteiger partial charge in [0.15, 0.2) is 0 Å². The van der Waals surface area contributed by atoms with Crippen LogP contribution in [0.1, 0.15) is 22.4 Å². The summed E-state index contributed by atoms with van der Waals surface area (Å²) in [4.78, 5) is 0.254. The van der Waals surface area contributed by atoms with E-state index >= 15 is 0 Å². The molecule has 6 heteroatoms. The first-order chi connectivity index (χ1) is 11.7. The summed E-state index contributed by atoms with van der Waals surface area (Å²) in [5, 5.41) is 7.08. The highest BCUT2D eigenvalue weighted by molar-refractivity contribution is 7.92. The van der Waals surface area contributed by atoms with E-state index in [1.165, 1.54) is 0 Å². The number of anilines is 1. The maximum atomic E-state index is 12.9. The van der Waals surface area contributed by atoms with Crippen molar-refractivity contribution in [1.29, 1.82) is 0 Å². The summed E-state index contributed by atoms with van der Waals surface area (Å²) >= 11 is 0. The number of H-pyrrole nitrogens is 1. The lowest BCUT2D eigenvalue weighted by atomic mass is 10.1. The average molecular weight is 355 g/mol. The summed E-state index contributed by atoms with van der Waals surface area (Å²) in [6.07, 6.45) is 0.